The molecule has 0 aliphatic heterocycles. The van der Waals surface area contributed by atoms with Crippen molar-refractivity contribution in [1.29, 1.82) is 0 Å². The van der Waals surface area contributed by atoms with Crippen molar-refractivity contribution in [2.24, 2.45) is 5.92 Å². The molecule has 1 atom stereocenters. The Kier molecular flexibility index (Phi) is 6.47. The molecule has 29 heavy (non-hydrogen) atoms. The molecule has 3 aromatic rings. The number of imidazole rings is 1. The SMILES string of the molecule is CCC(Nc1nc(Nc2cc(Cl)cc(NC)c2)c2ncn(C(C)C)c2n1)C(C)C. The van der Waals surface area contributed by atoms with Gasteiger partial charge in [-0.3, -0.25) is 0 Å². The van der Waals surface area contributed by atoms with Gasteiger partial charge >= 0.3 is 0 Å². The van der Waals surface area contributed by atoms with Crippen LogP contribution in [0.15, 0.2) is 24.5 Å². The fourth-order valence-electron chi connectivity index (χ4n) is 3.29. The minimum Gasteiger partial charge on any atom is -0.388 e. The summed E-state index contributed by atoms with van der Waals surface area (Å²) in [6.45, 7) is 10.8. The fourth-order valence-corrected chi connectivity index (χ4v) is 3.53. The Morgan fingerprint density at radius 3 is 2.41 bits per heavy atom. The Hall–Kier alpha value is -2.54. The van der Waals surface area contributed by atoms with Crippen molar-refractivity contribution in [3.63, 3.8) is 0 Å². The van der Waals surface area contributed by atoms with Gasteiger partial charge in [-0.25, -0.2) is 4.98 Å². The van der Waals surface area contributed by atoms with Crippen molar-refractivity contribution in [3.05, 3.63) is 29.5 Å². The van der Waals surface area contributed by atoms with Gasteiger partial charge in [0, 0.05) is 35.5 Å². The highest BCUT2D eigenvalue weighted by atomic mass is 35.5. The van der Waals surface area contributed by atoms with Crippen molar-refractivity contribution >= 4 is 45.9 Å². The second kappa shape index (κ2) is 8.86. The number of hydrogen-bond acceptors (Lipinski definition) is 6. The maximum absolute atomic E-state index is 6.27. The highest BCUT2D eigenvalue weighted by Crippen LogP contribution is 2.29. The summed E-state index contributed by atoms with van der Waals surface area (Å²) in [5.74, 6) is 1.72. The molecule has 0 bridgehead atoms. The largest absolute Gasteiger partial charge is 0.388 e. The summed E-state index contributed by atoms with van der Waals surface area (Å²) in [5, 5.41) is 10.6. The van der Waals surface area contributed by atoms with E-state index in [2.05, 4.69) is 60.1 Å². The molecule has 0 aliphatic carbocycles. The zero-order valence-corrected chi connectivity index (χ0v) is 18.7. The molecule has 0 spiro atoms. The van der Waals surface area contributed by atoms with Crippen LogP contribution in [-0.2, 0) is 0 Å². The molecule has 0 saturated carbocycles. The quantitative estimate of drug-likeness (QED) is 0.438. The van der Waals surface area contributed by atoms with Gasteiger partial charge in [-0.15, -0.1) is 0 Å². The topological polar surface area (TPSA) is 79.7 Å². The third-order valence-electron chi connectivity index (χ3n) is 4.99. The zero-order chi connectivity index (χ0) is 21.1. The number of halogens is 1. The number of anilines is 4. The summed E-state index contributed by atoms with van der Waals surface area (Å²) in [6, 6.07) is 6.25. The molecule has 3 rings (SSSR count). The van der Waals surface area contributed by atoms with Crippen molar-refractivity contribution in [3.8, 4) is 0 Å². The first-order valence-corrected chi connectivity index (χ1v) is 10.5. The predicted molar refractivity (Wildman–Crippen MR) is 123 cm³/mol. The van der Waals surface area contributed by atoms with Gasteiger partial charge in [0.15, 0.2) is 17.0 Å². The molecule has 0 fully saturated rings. The number of aromatic nitrogens is 4. The van der Waals surface area contributed by atoms with Crippen molar-refractivity contribution < 1.29 is 0 Å². The van der Waals surface area contributed by atoms with E-state index in [0.717, 1.165) is 29.0 Å². The third-order valence-corrected chi connectivity index (χ3v) is 5.20. The van der Waals surface area contributed by atoms with E-state index < -0.39 is 0 Å². The molecule has 156 valence electrons. The molecular weight excluding hydrogens is 386 g/mol. The van der Waals surface area contributed by atoms with E-state index >= 15 is 0 Å². The predicted octanol–water partition coefficient (Wildman–Crippen LogP) is 5.69. The van der Waals surface area contributed by atoms with E-state index in [0.29, 0.717) is 22.7 Å². The normalized spacial score (nSPS) is 12.6. The van der Waals surface area contributed by atoms with E-state index in [1.54, 1.807) is 0 Å². The number of benzene rings is 1. The number of fused-ring (bicyclic) bond motifs is 1. The van der Waals surface area contributed by atoms with Gasteiger partial charge in [0.1, 0.15) is 0 Å². The van der Waals surface area contributed by atoms with Crippen LogP contribution in [0.1, 0.15) is 47.1 Å². The van der Waals surface area contributed by atoms with Gasteiger partial charge in [0.25, 0.3) is 0 Å². The molecule has 0 radical (unpaired) electrons. The number of rotatable bonds is 8. The Labute approximate surface area is 177 Å². The van der Waals surface area contributed by atoms with Crippen LogP contribution in [-0.4, -0.2) is 32.6 Å². The van der Waals surface area contributed by atoms with Crippen molar-refractivity contribution in [2.75, 3.05) is 23.0 Å². The van der Waals surface area contributed by atoms with Gasteiger partial charge in [0.05, 0.1) is 6.33 Å². The van der Waals surface area contributed by atoms with Crippen LogP contribution in [0.2, 0.25) is 5.02 Å². The highest BCUT2D eigenvalue weighted by Gasteiger charge is 2.18. The van der Waals surface area contributed by atoms with Crippen LogP contribution in [0.4, 0.5) is 23.1 Å². The Bertz CT molecular complexity index is 981. The minimum atomic E-state index is 0.240. The van der Waals surface area contributed by atoms with Gasteiger partial charge in [-0.1, -0.05) is 32.4 Å². The summed E-state index contributed by atoms with van der Waals surface area (Å²) in [6.07, 6.45) is 2.81. The summed E-state index contributed by atoms with van der Waals surface area (Å²) in [7, 11) is 1.86. The molecule has 3 N–H and O–H groups in total. The molecule has 8 heteroatoms. The molecule has 0 saturated heterocycles. The van der Waals surface area contributed by atoms with E-state index in [1.165, 1.54) is 0 Å². The average molecular weight is 416 g/mol. The summed E-state index contributed by atoms with van der Waals surface area (Å²) in [5.41, 5.74) is 3.28. The lowest BCUT2D eigenvalue weighted by Crippen LogP contribution is -2.26. The zero-order valence-electron chi connectivity index (χ0n) is 17.9. The van der Waals surface area contributed by atoms with Gasteiger partial charge < -0.3 is 20.5 Å². The second-order valence-corrected chi connectivity index (χ2v) is 8.26. The van der Waals surface area contributed by atoms with E-state index in [4.69, 9.17) is 21.6 Å². The molecule has 1 aromatic carbocycles. The number of nitrogens with one attached hydrogen (secondary N) is 3. The highest BCUT2D eigenvalue weighted by molar-refractivity contribution is 6.31. The number of hydrogen-bond donors (Lipinski definition) is 3. The lowest BCUT2D eigenvalue weighted by atomic mass is 10.0. The van der Waals surface area contributed by atoms with Crippen LogP contribution < -0.4 is 16.0 Å². The molecular formula is C21H30ClN7. The lowest BCUT2D eigenvalue weighted by Gasteiger charge is -2.21. The number of nitrogens with zero attached hydrogens (tertiary/aromatic N) is 4. The van der Waals surface area contributed by atoms with Crippen LogP contribution in [0.25, 0.3) is 11.2 Å². The first-order chi connectivity index (χ1) is 13.8. The molecule has 2 aromatic heterocycles. The van der Waals surface area contributed by atoms with E-state index in [9.17, 15) is 0 Å². The van der Waals surface area contributed by atoms with Crippen molar-refractivity contribution in [1.82, 2.24) is 19.5 Å². The van der Waals surface area contributed by atoms with Crippen LogP contribution in [0.3, 0.4) is 0 Å². The molecule has 0 amide bonds. The summed E-state index contributed by atoms with van der Waals surface area (Å²) < 4.78 is 2.06. The van der Waals surface area contributed by atoms with Crippen molar-refractivity contribution in [2.45, 2.75) is 53.1 Å². The van der Waals surface area contributed by atoms with E-state index in [-0.39, 0.29) is 12.1 Å². The molecule has 2 heterocycles. The second-order valence-electron chi connectivity index (χ2n) is 7.82. The molecule has 7 nitrogen and oxygen atoms in total. The fraction of sp³-hybridized carbons (Fsp3) is 0.476. The first-order valence-electron chi connectivity index (χ1n) is 10.1. The average Bonchev–Trinajstić information content (AvgIpc) is 3.09. The monoisotopic (exact) mass is 415 g/mol. The molecule has 1 unspecified atom stereocenters. The van der Waals surface area contributed by atoms with E-state index in [1.807, 2.05) is 31.6 Å². The smallest absolute Gasteiger partial charge is 0.227 e. The Morgan fingerprint density at radius 1 is 1.07 bits per heavy atom. The third kappa shape index (κ3) is 4.72. The summed E-state index contributed by atoms with van der Waals surface area (Å²) >= 11 is 6.27. The van der Waals surface area contributed by atoms with Crippen LogP contribution in [0, 0.1) is 5.92 Å². The maximum atomic E-state index is 6.27. The summed E-state index contributed by atoms with van der Waals surface area (Å²) in [4.78, 5) is 14.1. The van der Waals surface area contributed by atoms with Gasteiger partial charge in [-0.2, -0.15) is 9.97 Å². The maximum Gasteiger partial charge on any atom is 0.227 e. The lowest BCUT2D eigenvalue weighted by molar-refractivity contribution is 0.508. The van der Waals surface area contributed by atoms with Crippen LogP contribution in [0.5, 0.6) is 0 Å². The molecule has 0 aliphatic rings. The Morgan fingerprint density at radius 2 is 1.79 bits per heavy atom. The van der Waals surface area contributed by atoms with Gasteiger partial charge in [-0.05, 0) is 44.4 Å². The van der Waals surface area contributed by atoms with Crippen LogP contribution >= 0.6 is 11.6 Å². The minimum absolute atomic E-state index is 0.240. The first kappa shape index (κ1) is 21.2. The standard InChI is InChI=1S/C21H30ClN7/c1-7-17(12(2)3)26-21-27-19(18-20(28-21)29(11-24-18)13(4)5)25-16-9-14(22)8-15(10-16)23-6/h8-13,17,23H,7H2,1-6H3,(H2,25,26,27,28). The Balaban J connectivity index is 2.08. The van der Waals surface area contributed by atoms with Gasteiger partial charge in [0.2, 0.25) is 5.95 Å².